The molecule has 2 saturated carbocycles. The first-order valence-electron chi connectivity index (χ1n) is 17.3. The summed E-state index contributed by atoms with van der Waals surface area (Å²) < 4.78 is 44.7. The van der Waals surface area contributed by atoms with E-state index in [0.29, 0.717) is 51.0 Å². The Balaban J connectivity index is 1.27. The zero-order valence-corrected chi connectivity index (χ0v) is 29.5. The zero-order valence-electron chi connectivity index (χ0n) is 29.5. The van der Waals surface area contributed by atoms with Crippen molar-refractivity contribution < 1.29 is 42.7 Å². The average Bonchev–Trinajstić information content (AvgIpc) is 3.35. The second-order valence-electron chi connectivity index (χ2n) is 14.8. The molecule has 46 heavy (non-hydrogen) atoms. The van der Waals surface area contributed by atoms with Gasteiger partial charge in [-0.05, 0) is 118 Å². The van der Waals surface area contributed by atoms with Gasteiger partial charge in [0.05, 0.1) is 32.5 Å². The van der Waals surface area contributed by atoms with Gasteiger partial charge < -0.3 is 37.9 Å². The van der Waals surface area contributed by atoms with Gasteiger partial charge >= 0.3 is 5.97 Å². The molecule has 3 aliphatic rings. The Hall–Kier alpha value is -1.75. The average molecular weight is 649 g/mol. The van der Waals surface area contributed by atoms with Crippen LogP contribution in [-0.4, -0.2) is 85.1 Å². The molecule has 0 radical (unpaired) electrons. The number of benzene rings is 1. The van der Waals surface area contributed by atoms with Crippen LogP contribution in [0.1, 0.15) is 96.6 Å². The molecule has 9 heteroatoms. The van der Waals surface area contributed by atoms with Gasteiger partial charge in [0, 0.05) is 20.8 Å². The number of ether oxygens (including phenoxy) is 8. The molecule has 1 aromatic rings. The SMILES string of the molecule is COCOc1ccc2c(c1)C[C@@H](CCCCOCCOCCOCC(=O)OC(C)(C)C)[C@]1(C)[C@@H]2CC[C@]2(C)[C@@H](OCOC)CC[C@H]21. The lowest BCUT2D eigenvalue weighted by molar-refractivity contribution is -0.160. The summed E-state index contributed by atoms with van der Waals surface area (Å²) in [5.41, 5.74) is 2.84. The minimum absolute atomic E-state index is 0.0611. The van der Waals surface area contributed by atoms with Crippen LogP contribution in [0.15, 0.2) is 18.2 Å². The van der Waals surface area contributed by atoms with Crippen LogP contribution in [0.3, 0.4) is 0 Å². The first-order valence-corrected chi connectivity index (χ1v) is 17.3. The van der Waals surface area contributed by atoms with Gasteiger partial charge in [-0.3, -0.25) is 0 Å². The van der Waals surface area contributed by atoms with Crippen molar-refractivity contribution in [3.63, 3.8) is 0 Å². The van der Waals surface area contributed by atoms with Crippen LogP contribution in [0.5, 0.6) is 5.75 Å². The maximum absolute atomic E-state index is 11.7. The fourth-order valence-electron chi connectivity index (χ4n) is 8.83. The Kier molecular flexibility index (Phi) is 13.8. The van der Waals surface area contributed by atoms with E-state index in [1.165, 1.54) is 36.8 Å². The van der Waals surface area contributed by atoms with Crippen molar-refractivity contribution >= 4 is 5.97 Å². The van der Waals surface area contributed by atoms with E-state index in [9.17, 15) is 4.79 Å². The van der Waals surface area contributed by atoms with Crippen LogP contribution < -0.4 is 4.74 Å². The number of fused-ring (bicyclic) bond motifs is 5. The standard InChI is InChI=1S/C37H60O9/c1-35(2,3)46-34(38)24-43-21-20-42-19-18-41-17-9-8-10-28-22-27-23-29(44-25-39-6)11-12-30(27)31-15-16-36(4)32(37(28,31)5)13-14-33(36)45-26-40-7/h11-12,23,28,31-33H,8-10,13-22,24-26H2,1-7H3/t28-,31-,32-,33+,36+,37-/m1/s1. The predicted molar refractivity (Wildman–Crippen MR) is 176 cm³/mol. The largest absolute Gasteiger partial charge is 0.468 e. The van der Waals surface area contributed by atoms with Crippen molar-refractivity contribution in [3.8, 4) is 5.75 Å². The second-order valence-corrected chi connectivity index (χ2v) is 14.8. The molecule has 0 N–H and O–H groups in total. The fraction of sp³-hybridized carbons (Fsp3) is 0.811. The molecule has 0 bridgehead atoms. The molecular weight excluding hydrogens is 588 g/mol. The highest BCUT2D eigenvalue weighted by molar-refractivity contribution is 5.71. The van der Waals surface area contributed by atoms with Crippen LogP contribution in [0.25, 0.3) is 0 Å². The predicted octanol–water partition coefficient (Wildman–Crippen LogP) is 6.69. The number of hydrogen-bond acceptors (Lipinski definition) is 9. The minimum atomic E-state index is -0.504. The maximum atomic E-state index is 11.7. The molecule has 0 spiro atoms. The summed E-state index contributed by atoms with van der Waals surface area (Å²) in [6, 6.07) is 6.72. The van der Waals surface area contributed by atoms with Gasteiger partial charge in [-0.2, -0.15) is 0 Å². The van der Waals surface area contributed by atoms with E-state index in [1.54, 1.807) is 14.2 Å². The number of carbonyl (C=O) groups is 1. The second kappa shape index (κ2) is 17.1. The third-order valence-electron chi connectivity index (χ3n) is 10.8. The summed E-state index contributed by atoms with van der Waals surface area (Å²) in [6.45, 7) is 13.7. The van der Waals surface area contributed by atoms with Crippen molar-refractivity contribution in [3.05, 3.63) is 29.3 Å². The van der Waals surface area contributed by atoms with E-state index in [1.807, 2.05) is 20.8 Å². The Morgan fingerprint density at radius 2 is 1.61 bits per heavy atom. The molecule has 0 aliphatic heterocycles. The van der Waals surface area contributed by atoms with Crippen LogP contribution >= 0.6 is 0 Å². The number of rotatable bonds is 19. The zero-order chi connectivity index (χ0) is 33.2. The van der Waals surface area contributed by atoms with Gasteiger partial charge in [0.25, 0.3) is 0 Å². The van der Waals surface area contributed by atoms with Gasteiger partial charge in [-0.15, -0.1) is 0 Å². The molecule has 4 rings (SSSR count). The van der Waals surface area contributed by atoms with Crippen molar-refractivity contribution in [2.45, 2.75) is 104 Å². The highest BCUT2D eigenvalue weighted by Crippen LogP contribution is 2.69. The van der Waals surface area contributed by atoms with Crippen molar-refractivity contribution in [1.82, 2.24) is 0 Å². The Labute approximate surface area is 277 Å². The lowest BCUT2D eigenvalue weighted by atomic mass is 9.44. The number of unbranched alkanes of at least 4 members (excludes halogenated alkanes) is 1. The van der Waals surface area contributed by atoms with E-state index in [4.69, 9.17) is 37.9 Å². The summed E-state index contributed by atoms with van der Waals surface area (Å²) in [5, 5.41) is 0. The van der Waals surface area contributed by atoms with E-state index < -0.39 is 5.60 Å². The fourth-order valence-corrected chi connectivity index (χ4v) is 8.83. The Morgan fingerprint density at radius 1 is 0.891 bits per heavy atom. The highest BCUT2D eigenvalue weighted by Gasteiger charge is 2.63. The summed E-state index contributed by atoms with van der Waals surface area (Å²) in [4.78, 5) is 11.7. The molecule has 6 atom stereocenters. The summed E-state index contributed by atoms with van der Waals surface area (Å²) in [6.07, 6.45) is 9.38. The van der Waals surface area contributed by atoms with Crippen molar-refractivity contribution in [2.75, 3.05) is 67.4 Å². The maximum Gasteiger partial charge on any atom is 0.332 e. The molecule has 0 heterocycles. The highest BCUT2D eigenvalue weighted by atomic mass is 16.7. The number of hydrogen-bond donors (Lipinski definition) is 0. The molecule has 1 aromatic carbocycles. The molecule has 0 unspecified atom stereocenters. The van der Waals surface area contributed by atoms with Crippen LogP contribution in [-0.2, 0) is 44.4 Å². The third-order valence-corrected chi connectivity index (χ3v) is 10.8. The lowest BCUT2D eigenvalue weighted by Gasteiger charge is -2.60. The molecule has 262 valence electrons. The first kappa shape index (κ1) is 37.1. The molecule has 3 aliphatic carbocycles. The van der Waals surface area contributed by atoms with E-state index >= 15 is 0 Å². The number of methoxy groups -OCH3 is 2. The normalized spacial score (nSPS) is 28.8. The van der Waals surface area contributed by atoms with E-state index in [-0.39, 0.29) is 36.3 Å². The van der Waals surface area contributed by atoms with Crippen molar-refractivity contribution in [1.29, 1.82) is 0 Å². The molecule has 9 nitrogen and oxygen atoms in total. The number of esters is 1. The minimum Gasteiger partial charge on any atom is -0.468 e. The van der Waals surface area contributed by atoms with Gasteiger partial charge in [-0.1, -0.05) is 26.3 Å². The molecule has 0 amide bonds. The first-order chi connectivity index (χ1) is 22.0. The Morgan fingerprint density at radius 3 is 2.33 bits per heavy atom. The van der Waals surface area contributed by atoms with Crippen LogP contribution in [0, 0.1) is 22.7 Å². The summed E-state index contributed by atoms with van der Waals surface area (Å²) in [5.74, 6) is 2.27. The summed E-state index contributed by atoms with van der Waals surface area (Å²) >= 11 is 0. The van der Waals surface area contributed by atoms with Gasteiger partial charge in [0.2, 0.25) is 0 Å². The number of carbonyl (C=O) groups excluding carboxylic acids is 1. The van der Waals surface area contributed by atoms with Crippen LogP contribution in [0.2, 0.25) is 0 Å². The molecule has 0 aromatic heterocycles. The molecule has 2 fully saturated rings. The quantitative estimate of drug-likeness (QED) is 0.0924. The smallest absolute Gasteiger partial charge is 0.332 e. The summed E-state index contributed by atoms with van der Waals surface area (Å²) in [7, 11) is 3.38. The van der Waals surface area contributed by atoms with E-state index in [2.05, 4.69) is 32.0 Å². The topological polar surface area (TPSA) is 90.9 Å². The monoisotopic (exact) mass is 648 g/mol. The van der Waals surface area contributed by atoms with Crippen LogP contribution in [0.4, 0.5) is 0 Å². The van der Waals surface area contributed by atoms with Crippen molar-refractivity contribution in [2.24, 2.45) is 22.7 Å². The third kappa shape index (κ3) is 9.23. The Bertz CT molecular complexity index is 1090. The van der Waals surface area contributed by atoms with Gasteiger partial charge in [0.1, 0.15) is 24.8 Å². The molecule has 0 saturated heterocycles. The molecular formula is C37H60O9. The van der Waals surface area contributed by atoms with Gasteiger partial charge in [-0.25, -0.2) is 4.79 Å². The van der Waals surface area contributed by atoms with E-state index in [0.717, 1.165) is 38.0 Å². The van der Waals surface area contributed by atoms with Gasteiger partial charge in [0.15, 0.2) is 6.79 Å². The lowest BCUT2D eigenvalue weighted by Crippen LogP contribution is -2.54.